The van der Waals surface area contributed by atoms with Crippen LogP contribution in [0.5, 0.6) is 0 Å². The van der Waals surface area contributed by atoms with E-state index in [0.717, 1.165) is 5.69 Å². The predicted octanol–water partition coefficient (Wildman–Crippen LogP) is 4.31. The fraction of sp³-hybridized carbons (Fsp3) is 0.250. The summed E-state index contributed by atoms with van der Waals surface area (Å²) in [5, 5.41) is 2.56. The Labute approximate surface area is 185 Å². The number of rotatable bonds is 7. The molecule has 0 unspecified atom stereocenters. The molecule has 0 radical (unpaired) electrons. The molecule has 0 saturated heterocycles. The highest BCUT2D eigenvalue weighted by molar-refractivity contribution is 7.90. The minimum absolute atomic E-state index is 0.255. The van der Waals surface area contributed by atoms with E-state index in [9.17, 15) is 35.2 Å². The second kappa shape index (κ2) is 8.89. The zero-order valence-corrected chi connectivity index (χ0v) is 18.0. The van der Waals surface area contributed by atoms with Crippen molar-refractivity contribution in [3.8, 4) is 0 Å². The van der Waals surface area contributed by atoms with Crippen LogP contribution in [0.25, 0.3) is 11.0 Å². The zero-order valence-electron chi connectivity index (χ0n) is 17.2. The van der Waals surface area contributed by atoms with Gasteiger partial charge in [-0.25, -0.2) is 21.9 Å². The number of anilines is 2. The first kappa shape index (κ1) is 24.3. The lowest BCUT2D eigenvalue weighted by atomic mass is 10.2. The Morgan fingerprint density at radius 3 is 2.39 bits per heavy atom. The molecule has 1 amide bonds. The van der Waals surface area contributed by atoms with Crippen molar-refractivity contribution in [2.24, 2.45) is 0 Å². The van der Waals surface area contributed by atoms with Gasteiger partial charge in [0.25, 0.3) is 16.4 Å². The highest BCUT2D eigenvalue weighted by Gasteiger charge is 2.34. The minimum Gasteiger partial charge on any atom is -0.451 e. The number of carbonyl (C=O) groups is 1. The second-order valence-electron chi connectivity index (χ2n) is 7.14. The summed E-state index contributed by atoms with van der Waals surface area (Å²) >= 11 is 0. The molecule has 3 rings (SSSR count). The van der Waals surface area contributed by atoms with Gasteiger partial charge in [-0.3, -0.25) is 4.79 Å². The summed E-state index contributed by atoms with van der Waals surface area (Å²) in [6, 6.07) is 7.75. The summed E-state index contributed by atoms with van der Waals surface area (Å²) in [5.74, 6) is -1.65. The predicted molar refractivity (Wildman–Crippen MR) is 111 cm³/mol. The molecule has 178 valence electrons. The van der Waals surface area contributed by atoms with Crippen molar-refractivity contribution in [2.75, 3.05) is 30.9 Å². The molecular weight excluding hydrogens is 473 g/mol. The van der Waals surface area contributed by atoms with E-state index in [1.807, 2.05) is 0 Å². The quantitative estimate of drug-likeness (QED) is 0.479. The van der Waals surface area contributed by atoms with Crippen LogP contribution in [-0.4, -0.2) is 41.4 Å². The third-order valence-electron chi connectivity index (χ3n) is 4.52. The largest absolute Gasteiger partial charge is 0.451 e. The molecule has 1 heterocycles. The lowest BCUT2D eigenvalue weighted by molar-refractivity contribution is -0.137. The Morgan fingerprint density at radius 1 is 1.09 bits per heavy atom. The van der Waals surface area contributed by atoms with Crippen LogP contribution in [-0.2, 0) is 16.2 Å². The topological polar surface area (TPSA) is 91.7 Å². The average molecular weight is 491 g/mol. The molecule has 0 atom stereocenters. The van der Waals surface area contributed by atoms with Crippen LogP contribution < -0.4 is 14.9 Å². The van der Waals surface area contributed by atoms with E-state index in [1.54, 1.807) is 41.9 Å². The normalized spacial score (nSPS) is 12.2. The standard InChI is InChI=1S/C20H18F5N3O4S/c1-28(2)13-5-3-11-7-16(32-15(11)9-13)19(29)27-33(30,31)17-8-12(20(23,24)25)4-6-14(17)26-10-18(21)22/h3-9,18,26H,10H2,1-2H3,(H,27,29). The number of fused-ring (bicyclic) bond motifs is 1. The first-order valence-corrected chi connectivity index (χ1v) is 10.8. The molecule has 2 N–H and O–H groups in total. The van der Waals surface area contributed by atoms with E-state index in [2.05, 4.69) is 5.32 Å². The Hall–Kier alpha value is -3.35. The van der Waals surface area contributed by atoms with Gasteiger partial charge in [0.2, 0.25) is 0 Å². The fourth-order valence-electron chi connectivity index (χ4n) is 2.89. The van der Waals surface area contributed by atoms with Crippen molar-refractivity contribution >= 4 is 38.3 Å². The summed E-state index contributed by atoms with van der Waals surface area (Å²) in [7, 11) is -1.35. The lowest BCUT2D eigenvalue weighted by Crippen LogP contribution is -2.31. The average Bonchev–Trinajstić information content (AvgIpc) is 3.14. The monoisotopic (exact) mass is 491 g/mol. The summed E-state index contributed by atoms with van der Waals surface area (Å²) in [6.07, 6.45) is -7.81. The van der Waals surface area contributed by atoms with E-state index in [-0.39, 0.29) is 11.6 Å². The van der Waals surface area contributed by atoms with Gasteiger partial charge in [0, 0.05) is 31.2 Å². The number of hydrogen-bond acceptors (Lipinski definition) is 6. The summed E-state index contributed by atoms with van der Waals surface area (Å²) < 4.78 is 96.9. The van der Waals surface area contributed by atoms with Gasteiger partial charge in [-0.2, -0.15) is 13.2 Å². The van der Waals surface area contributed by atoms with Crippen molar-refractivity contribution in [1.82, 2.24) is 4.72 Å². The number of sulfonamides is 1. The Bertz CT molecular complexity index is 1290. The number of hydrogen-bond donors (Lipinski definition) is 2. The van der Waals surface area contributed by atoms with E-state index in [1.165, 1.54) is 6.07 Å². The second-order valence-corrected chi connectivity index (χ2v) is 8.79. The molecule has 0 aliphatic heterocycles. The van der Waals surface area contributed by atoms with Gasteiger partial charge in [-0.1, -0.05) is 0 Å². The van der Waals surface area contributed by atoms with Gasteiger partial charge in [0.05, 0.1) is 17.8 Å². The summed E-state index contributed by atoms with van der Waals surface area (Å²) in [4.78, 5) is 13.3. The SMILES string of the molecule is CN(C)c1ccc2cc(C(=O)NS(=O)(=O)c3cc(C(F)(F)F)ccc3NCC(F)F)oc2c1. The molecule has 0 saturated carbocycles. The van der Waals surface area contributed by atoms with Gasteiger partial charge < -0.3 is 14.6 Å². The van der Waals surface area contributed by atoms with Gasteiger partial charge in [-0.05, 0) is 36.4 Å². The maximum absolute atomic E-state index is 13.1. The Kier molecular flexibility index (Phi) is 6.54. The number of alkyl halides is 5. The number of halogens is 5. The van der Waals surface area contributed by atoms with E-state index >= 15 is 0 Å². The van der Waals surface area contributed by atoms with Crippen LogP contribution in [0.4, 0.5) is 33.3 Å². The Balaban J connectivity index is 1.96. The van der Waals surface area contributed by atoms with Crippen molar-refractivity contribution < 1.29 is 39.6 Å². The van der Waals surface area contributed by atoms with Crippen LogP contribution in [0.2, 0.25) is 0 Å². The fourth-order valence-corrected chi connectivity index (χ4v) is 4.06. The molecule has 3 aromatic rings. The number of amides is 1. The van der Waals surface area contributed by atoms with Gasteiger partial charge >= 0.3 is 12.1 Å². The smallest absolute Gasteiger partial charge is 0.416 e. The maximum atomic E-state index is 13.1. The van der Waals surface area contributed by atoms with Gasteiger partial charge in [0.1, 0.15) is 10.5 Å². The molecule has 0 bridgehead atoms. The number of furan rings is 1. The van der Waals surface area contributed by atoms with E-state index in [0.29, 0.717) is 17.5 Å². The van der Waals surface area contributed by atoms with Crippen LogP contribution in [0.3, 0.4) is 0 Å². The van der Waals surface area contributed by atoms with Gasteiger partial charge in [0.15, 0.2) is 5.76 Å². The third-order valence-corrected chi connectivity index (χ3v) is 5.89. The third kappa shape index (κ3) is 5.53. The number of benzene rings is 2. The van der Waals surface area contributed by atoms with Crippen LogP contribution >= 0.6 is 0 Å². The Morgan fingerprint density at radius 2 is 1.79 bits per heavy atom. The number of nitrogens with one attached hydrogen (secondary N) is 2. The number of carbonyl (C=O) groups excluding carboxylic acids is 1. The van der Waals surface area contributed by atoms with E-state index in [4.69, 9.17) is 4.42 Å². The molecule has 1 aromatic heterocycles. The van der Waals surface area contributed by atoms with E-state index < -0.39 is 57.0 Å². The first-order valence-electron chi connectivity index (χ1n) is 9.29. The van der Waals surface area contributed by atoms with Crippen LogP contribution in [0.15, 0.2) is 51.8 Å². The molecular formula is C20H18F5N3O4S. The molecule has 0 aliphatic carbocycles. The van der Waals surface area contributed by atoms with Crippen molar-refractivity contribution in [1.29, 1.82) is 0 Å². The molecule has 0 fully saturated rings. The van der Waals surface area contributed by atoms with Crippen LogP contribution in [0.1, 0.15) is 16.1 Å². The highest BCUT2D eigenvalue weighted by Crippen LogP contribution is 2.34. The van der Waals surface area contributed by atoms with Gasteiger partial charge in [-0.15, -0.1) is 0 Å². The van der Waals surface area contributed by atoms with Crippen molar-refractivity contribution in [3.63, 3.8) is 0 Å². The maximum Gasteiger partial charge on any atom is 0.416 e. The molecule has 0 aliphatic rings. The lowest BCUT2D eigenvalue weighted by Gasteiger charge is -2.15. The zero-order chi connectivity index (χ0) is 24.6. The molecule has 2 aromatic carbocycles. The highest BCUT2D eigenvalue weighted by atomic mass is 32.2. The summed E-state index contributed by atoms with van der Waals surface area (Å²) in [6.45, 7) is -1.01. The van der Waals surface area contributed by atoms with Crippen molar-refractivity contribution in [3.05, 3.63) is 53.8 Å². The van der Waals surface area contributed by atoms with Crippen molar-refractivity contribution in [2.45, 2.75) is 17.5 Å². The minimum atomic E-state index is -4.90. The van der Waals surface area contributed by atoms with Crippen LogP contribution in [0, 0.1) is 0 Å². The first-order chi connectivity index (χ1) is 15.3. The molecule has 0 spiro atoms. The number of nitrogens with zero attached hydrogens (tertiary/aromatic N) is 1. The molecule has 13 heteroatoms. The summed E-state index contributed by atoms with van der Waals surface area (Å²) in [5.41, 5.74) is -0.834. The molecule has 7 nitrogen and oxygen atoms in total. The molecule has 33 heavy (non-hydrogen) atoms.